The lowest BCUT2D eigenvalue weighted by Crippen LogP contribution is -2.31. The topological polar surface area (TPSA) is 84.0 Å². The van der Waals surface area contributed by atoms with E-state index < -0.39 is 17.7 Å². The average Bonchev–Trinajstić information content (AvgIpc) is 3.32. The molecule has 3 aliphatic rings. The van der Waals surface area contributed by atoms with Crippen LogP contribution in [0.15, 0.2) is 54.1 Å². The molecule has 0 unspecified atom stereocenters. The zero-order valence-corrected chi connectivity index (χ0v) is 19.5. The predicted molar refractivity (Wildman–Crippen MR) is 126 cm³/mol. The van der Waals surface area contributed by atoms with Gasteiger partial charge in [-0.25, -0.2) is 9.29 Å². The predicted octanol–water partition coefficient (Wildman–Crippen LogP) is 3.94. The van der Waals surface area contributed by atoms with Crippen LogP contribution in [0.5, 0.6) is 5.75 Å². The fraction of sp³-hybridized carbons (Fsp3) is 0.333. The Balaban J connectivity index is 1.28. The Kier molecular flexibility index (Phi) is 5.75. The fourth-order valence-corrected chi connectivity index (χ4v) is 5.15. The van der Waals surface area contributed by atoms with Gasteiger partial charge in [-0.15, -0.1) is 0 Å². The summed E-state index contributed by atoms with van der Waals surface area (Å²) in [6.45, 7) is 3.88. The number of ether oxygens (including phenoxy) is 1. The number of carbonyl (C=O) groups excluding carboxylic acids is 4. The average molecular weight is 477 g/mol. The molecule has 2 aliphatic heterocycles. The molecule has 2 aromatic carbocycles. The van der Waals surface area contributed by atoms with Crippen molar-refractivity contribution in [2.24, 2.45) is 17.8 Å². The molecular weight excluding hydrogens is 451 g/mol. The maximum Gasteiger partial charge on any atom is 0.316 e. The smallest absolute Gasteiger partial charge is 0.316 e. The molecule has 35 heavy (non-hydrogen) atoms. The van der Waals surface area contributed by atoms with Crippen molar-refractivity contribution in [1.82, 2.24) is 0 Å². The fourth-order valence-electron chi connectivity index (χ4n) is 5.15. The first-order valence-electron chi connectivity index (χ1n) is 11.6. The number of hydrogen-bond donors (Lipinski definition) is 0. The van der Waals surface area contributed by atoms with Crippen molar-refractivity contribution in [3.05, 3.63) is 65.5 Å². The number of rotatable bonds is 4. The number of halogens is 1. The summed E-state index contributed by atoms with van der Waals surface area (Å²) in [5.41, 5.74) is 2.77. The van der Waals surface area contributed by atoms with Gasteiger partial charge in [0, 0.05) is 18.7 Å². The molecule has 7 nitrogen and oxygen atoms in total. The Bertz CT molecular complexity index is 1270. The van der Waals surface area contributed by atoms with E-state index in [-0.39, 0.29) is 48.3 Å². The normalized spacial score (nSPS) is 24.0. The monoisotopic (exact) mass is 476 g/mol. The Morgan fingerprint density at radius 2 is 1.69 bits per heavy atom. The first-order chi connectivity index (χ1) is 16.7. The number of aryl methyl sites for hydroxylation is 1. The molecule has 3 atom stereocenters. The highest BCUT2D eigenvalue weighted by molar-refractivity contribution is 6.22. The van der Waals surface area contributed by atoms with Crippen molar-refractivity contribution in [1.29, 1.82) is 0 Å². The minimum Gasteiger partial charge on any atom is -0.426 e. The number of benzene rings is 2. The second-order valence-corrected chi connectivity index (χ2v) is 9.47. The highest BCUT2D eigenvalue weighted by Crippen LogP contribution is 2.41. The van der Waals surface area contributed by atoms with E-state index in [1.165, 1.54) is 34.1 Å². The van der Waals surface area contributed by atoms with Gasteiger partial charge in [-0.3, -0.25) is 19.2 Å². The number of anilines is 2. The molecule has 5 rings (SSSR count). The molecule has 0 saturated carbocycles. The minimum atomic E-state index is -0.659. The lowest BCUT2D eigenvalue weighted by molar-refractivity contribution is -0.139. The van der Waals surface area contributed by atoms with E-state index in [1.54, 1.807) is 25.1 Å². The van der Waals surface area contributed by atoms with Gasteiger partial charge in [-0.1, -0.05) is 11.6 Å². The molecule has 180 valence electrons. The first kappa shape index (κ1) is 23.0. The van der Waals surface area contributed by atoms with Crippen molar-refractivity contribution in [2.45, 2.75) is 33.1 Å². The molecular formula is C27H25FN2O5. The summed E-state index contributed by atoms with van der Waals surface area (Å²) in [6.07, 6.45) is 3.19. The molecule has 3 amide bonds. The minimum absolute atomic E-state index is 0.000284. The van der Waals surface area contributed by atoms with Gasteiger partial charge in [-0.05, 0) is 74.7 Å². The standard InChI is InChI=1S/C27H25FN2O5/c1-15-3-9-21-22(11-15)26(33)30(25(21)32)23-10-8-20(12-16(23)2)35-27(34)17-13-24(31)29(14-17)19-6-4-18(28)5-7-19/h3-8,10,12,17,21-22H,9,11,13-14H2,1-2H3/t17-,21+,22+/m1/s1. The Morgan fingerprint density at radius 1 is 0.971 bits per heavy atom. The number of allylic oxidation sites excluding steroid dienone is 2. The molecule has 0 N–H and O–H groups in total. The van der Waals surface area contributed by atoms with Crippen LogP contribution in [0.1, 0.15) is 31.7 Å². The summed E-state index contributed by atoms with van der Waals surface area (Å²) >= 11 is 0. The molecule has 2 aromatic rings. The second kappa shape index (κ2) is 8.76. The SMILES string of the molecule is CC1=CC[C@@H]2C(=O)N(c3ccc(OC(=O)[C@@H]4CC(=O)N(c5ccc(F)cc5)C4)cc3C)C(=O)[C@H]2C1. The number of hydrogen-bond acceptors (Lipinski definition) is 5. The van der Waals surface area contributed by atoms with Gasteiger partial charge < -0.3 is 9.64 Å². The van der Waals surface area contributed by atoms with Crippen LogP contribution in [0.2, 0.25) is 0 Å². The number of esters is 1. The van der Waals surface area contributed by atoms with Crippen molar-refractivity contribution in [3.8, 4) is 5.75 Å². The summed E-state index contributed by atoms with van der Waals surface area (Å²) in [7, 11) is 0. The number of carbonyl (C=O) groups is 4. The van der Waals surface area contributed by atoms with Crippen LogP contribution in [0.25, 0.3) is 0 Å². The summed E-state index contributed by atoms with van der Waals surface area (Å²) in [4.78, 5) is 53.9. The number of imide groups is 1. The lowest BCUT2D eigenvalue weighted by atomic mass is 9.82. The van der Waals surface area contributed by atoms with E-state index in [2.05, 4.69) is 0 Å². The largest absolute Gasteiger partial charge is 0.426 e. The summed E-state index contributed by atoms with van der Waals surface area (Å²) < 4.78 is 18.7. The molecule has 0 bridgehead atoms. The molecule has 2 heterocycles. The quantitative estimate of drug-likeness (QED) is 0.289. The lowest BCUT2D eigenvalue weighted by Gasteiger charge is -2.19. The summed E-state index contributed by atoms with van der Waals surface area (Å²) in [5, 5.41) is 0. The third-order valence-corrected chi connectivity index (χ3v) is 7.05. The zero-order chi connectivity index (χ0) is 24.9. The third kappa shape index (κ3) is 4.13. The highest BCUT2D eigenvalue weighted by Gasteiger charge is 2.49. The van der Waals surface area contributed by atoms with E-state index in [1.807, 2.05) is 13.0 Å². The second-order valence-electron chi connectivity index (χ2n) is 9.47. The van der Waals surface area contributed by atoms with E-state index in [0.29, 0.717) is 29.8 Å². The molecule has 0 radical (unpaired) electrons. The number of nitrogens with zero attached hydrogens (tertiary/aromatic N) is 2. The molecule has 8 heteroatoms. The molecule has 0 aromatic heterocycles. The van der Waals surface area contributed by atoms with E-state index in [0.717, 1.165) is 5.57 Å². The molecule has 2 saturated heterocycles. The van der Waals surface area contributed by atoms with E-state index >= 15 is 0 Å². The van der Waals surface area contributed by atoms with Crippen LogP contribution < -0.4 is 14.5 Å². The van der Waals surface area contributed by atoms with Crippen LogP contribution in [-0.4, -0.2) is 30.2 Å². The van der Waals surface area contributed by atoms with Gasteiger partial charge in [0.2, 0.25) is 17.7 Å². The van der Waals surface area contributed by atoms with Crippen molar-refractivity contribution < 1.29 is 28.3 Å². The van der Waals surface area contributed by atoms with Gasteiger partial charge in [0.15, 0.2) is 0 Å². The van der Waals surface area contributed by atoms with Gasteiger partial charge in [0.05, 0.1) is 23.4 Å². The highest BCUT2D eigenvalue weighted by atomic mass is 19.1. The van der Waals surface area contributed by atoms with Gasteiger partial charge in [0.25, 0.3) is 0 Å². The van der Waals surface area contributed by atoms with Crippen LogP contribution >= 0.6 is 0 Å². The van der Waals surface area contributed by atoms with Crippen LogP contribution in [0.3, 0.4) is 0 Å². The summed E-state index contributed by atoms with van der Waals surface area (Å²) in [6, 6.07) is 10.3. The van der Waals surface area contributed by atoms with Crippen LogP contribution in [0, 0.1) is 30.5 Å². The van der Waals surface area contributed by atoms with Crippen LogP contribution in [-0.2, 0) is 19.2 Å². The van der Waals surface area contributed by atoms with Crippen LogP contribution in [0.4, 0.5) is 15.8 Å². The number of amides is 3. The van der Waals surface area contributed by atoms with Crippen molar-refractivity contribution in [3.63, 3.8) is 0 Å². The maximum absolute atomic E-state index is 13.2. The molecule has 1 aliphatic carbocycles. The third-order valence-electron chi connectivity index (χ3n) is 7.05. The van der Waals surface area contributed by atoms with Gasteiger partial charge in [0.1, 0.15) is 11.6 Å². The van der Waals surface area contributed by atoms with Crippen molar-refractivity contribution >= 4 is 35.1 Å². The van der Waals surface area contributed by atoms with Crippen molar-refractivity contribution in [2.75, 3.05) is 16.3 Å². The number of fused-ring (bicyclic) bond motifs is 1. The van der Waals surface area contributed by atoms with E-state index in [9.17, 15) is 23.6 Å². The van der Waals surface area contributed by atoms with Gasteiger partial charge in [-0.2, -0.15) is 0 Å². The Labute approximate surface area is 202 Å². The van der Waals surface area contributed by atoms with Gasteiger partial charge >= 0.3 is 5.97 Å². The first-order valence-corrected chi connectivity index (χ1v) is 11.6. The van der Waals surface area contributed by atoms with E-state index in [4.69, 9.17) is 4.74 Å². The molecule has 0 spiro atoms. The molecule has 2 fully saturated rings. The maximum atomic E-state index is 13.2. The Morgan fingerprint density at radius 3 is 2.40 bits per heavy atom. The summed E-state index contributed by atoms with van der Waals surface area (Å²) in [5.74, 6) is -2.60. The Hall–Kier alpha value is -3.81. The zero-order valence-electron chi connectivity index (χ0n) is 19.5.